The minimum absolute atomic E-state index is 0.129. The van der Waals surface area contributed by atoms with Gasteiger partial charge in [-0.3, -0.25) is 4.79 Å². The monoisotopic (exact) mass is 439 g/mol. The summed E-state index contributed by atoms with van der Waals surface area (Å²) in [6.45, 7) is 4.20. The van der Waals surface area contributed by atoms with Gasteiger partial charge >= 0.3 is 0 Å². The molecule has 0 aliphatic rings. The molecule has 4 aromatic rings. The van der Waals surface area contributed by atoms with E-state index in [9.17, 15) is 13.2 Å². The molecule has 2 aromatic carbocycles. The van der Waals surface area contributed by atoms with Gasteiger partial charge in [0.05, 0.1) is 4.90 Å². The number of fused-ring (bicyclic) bond motifs is 1. The van der Waals surface area contributed by atoms with Crippen LogP contribution in [0.4, 0.5) is 5.69 Å². The van der Waals surface area contributed by atoms with E-state index in [4.69, 9.17) is 0 Å². The fourth-order valence-corrected chi connectivity index (χ4v) is 5.65. The van der Waals surface area contributed by atoms with Gasteiger partial charge in [-0.15, -0.1) is 11.3 Å². The number of thiazole rings is 1. The van der Waals surface area contributed by atoms with Gasteiger partial charge in [0.25, 0.3) is 0 Å². The molecule has 6 nitrogen and oxygen atoms in total. The summed E-state index contributed by atoms with van der Waals surface area (Å²) in [6, 6.07) is 14.5. The maximum absolute atomic E-state index is 12.6. The van der Waals surface area contributed by atoms with E-state index in [1.54, 1.807) is 23.7 Å². The number of nitrogens with zero attached hydrogens (tertiary/aromatic N) is 2. The molecular formula is C22H21N3O3S2. The topological polar surface area (TPSA) is 81.1 Å². The summed E-state index contributed by atoms with van der Waals surface area (Å²) in [7, 11) is -3.47. The second-order valence-electron chi connectivity index (χ2n) is 7.19. The molecule has 1 amide bonds. The zero-order valence-corrected chi connectivity index (χ0v) is 18.3. The first-order valence-electron chi connectivity index (χ1n) is 9.39. The number of rotatable bonds is 6. The van der Waals surface area contributed by atoms with Gasteiger partial charge in [-0.1, -0.05) is 11.6 Å². The number of aryl methyl sites for hydroxylation is 2. The van der Waals surface area contributed by atoms with Crippen molar-refractivity contribution < 1.29 is 13.2 Å². The molecule has 0 saturated carbocycles. The molecule has 0 atom stereocenters. The lowest BCUT2D eigenvalue weighted by Gasteiger charge is -2.10. The van der Waals surface area contributed by atoms with Crippen LogP contribution < -0.4 is 5.32 Å². The summed E-state index contributed by atoms with van der Waals surface area (Å²) in [5, 5.41) is 6.25. The normalized spacial score (nSPS) is 11.7. The van der Waals surface area contributed by atoms with Crippen LogP contribution in [0.3, 0.4) is 0 Å². The van der Waals surface area contributed by atoms with Crippen molar-refractivity contribution >= 4 is 43.7 Å². The third-order valence-electron chi connectivity index (χ3n) is 4.86. The molecule has 0 fully saturated rings. The Morgan fingerprint density at radius 3 is 2.57 bits per heavy atom. The third-order valence-corrected chi connectivity index (χ3v) is 7.47. The summed E-state index contributed by atoms with van der Waals surface area (Å²) in [5.74, 6) is -0.301. The van der Waals surface area contributed by atoms with E-state index in [0.29, 0.717) is 10.7 Å². The average molecular weight is 440 g/mol. The smallest absolute Gasteiger partial charge is 0.244 e. The minimum Gasteiger partial charge on any atom is -0.335 e. The number of aromatic nitrogens is 2. The SMILES string of the molecule is Cc1ccc2c(c1)cc(C)n2CC(=O)Nc1ccc(S(=O)(=O)Cc2nccs2)cc1. The molecule has 0 aliphatic heterocycles. The number of carbonyl (C=O) groups excluding carboxylic acids is 1. The van der Waals surface area contributed by atoms with Gasteiger partial charge in [0.1, 0.15) is 17.3 Å². The molecule has 0 aliphatic carbocycles. The second-order valence-corrected chi connectivity index (χ2v) is 10.2. The number of nitrogens with one attached hydrogen (secondary N) is 1. The quantitative estimate of drug-likeness (QED) is 0.485. The maximum Gasteiger partial charge on any atom is 0.244 e. The molecule has 0 saturated heterocycles. The lowest BCUT2D eigenvalue weighted by Crippen LogP contribution is -2.19. The lowest BCUT2D eigenvalue weighted by atomic mass is 10.2. The van der Waals surface area contributed by atoms with E-state index >= 15 is 0 Å². The average Bonchev–Trinajstić information content (AvgIpc) is 3.29. The third kappa shape index (κ3) is 4.29. The standard InChI is InChI=1S/C22H21N3O3S2/c1-15-3-8-20-17(11-15)12-16(2)25(20)13-21(26)24-18-4-6-19(7-5-18)30(27,28)14-22-23-9-10-29-22/h3-12H,13-14H2,1-2H3,(H,24,26). The van der Waals surface area contributed by atoms with Crippen LogP contribution >= 0.6 is 11.3 Å². The predicted molar refractivity (Wildman–Crippen MR) is 119 cm³/mol. The minimum atomic E-state index is -3.47. The Morgan fingerprint density at radius 1 is 1.10 bits per heavy atom. The van der Waals surface area contributed by atoms with Gasteiger partial charge in [-0.25, -0.2) is 13.4 Å². The van der Waals surface area contributed by atoms with Gasteiger partial charge in [0.15, 0.2) is 9.84 Å². The number of anilines is 1. The van der Waals surface area contributed by atoms with E-state index in [-0.39, 0.29) is 23.1 Å². The first-order chi connectivity index (χ1) is 14.3. The fourth-order valence-electron chi connectivity index (χ4n) is 3.40. The molecule has 154 valence electrons. The van der Waals surface area contributed by atoms with E-state index in [1.165, 1.54) is 29.0 Å². The van der Waals surface area contributed by atoms with E-state index < -0.39 is 9.84 Å². The van der Waals surface area contributed by atoms with Crippen molar-refractivity contribution in [2.75, 3.05) is 5.32 Å². The van der Waals surface area contributed by atoms with Crippen molar-refractivity contribution in [2.24, 2.45) is 0 Å². The summed E-state index contributed by atoms with van der Waals surface area (Å²) in [4.78, 5) is 16.8. The Hall–Kier alpha value is -2.97. The zero-order valence-electron chi connectivity index (χ0n) is 16.6. The van der Waals surface area contributed by atoms with Crippen LogP contribution in [0.15, 0.2) is 65.0 Å². The first-order valence-corrected chi connectivity index (χ1v) is 11.9. The van der Waals surface area contributed by atoms with Crippen molar-refractivity contribution in [3.8, 4) is 0 Å². The highest BCUT2D eigenvalue weighted by Gasteiger charge is 2.17. The van der Waals surface area contributed by atoms with Crippen LogP contribution in [0.1, 0.15) is 16.3 Å². The highest BCUT2D eigenvalue weighted by Crippen LogP contribution is 2.22. The van der Waals surface area contributed by atoms with Crippen molar-refractivity contribution in [3.63, 3.8) is 0 Å². The van der Waals surface area contributed by atoms with Gasteiger partial charge in [-0.05, 0) is 56.3 Å². The number of sulfone groups is 1. The molecule has 4 rings (SSSR count). The first kappa shape index (κ1) is 20.3. The number of hydrogen-bond acceptors (Lipinski definition) is 5. The Morgan fingerprint density at radius 2 is 1.87 bits per heavy atom. The Balaban J connectivity index is 1.46. The molecule has 2 heterocycles. The van der Waals surface area contributed by atoms with E-state index in [2.05, 4.69) is 22.4 Å². The maximum atomic E-state index is 12.6. The summed E-state index contributed by atoms with van der Waals surface area (Å²) in [5.41, 5.74) is 3.75. The highest BCUT2D eigenvalue weighted by atomic mass is 32.2. The van der Waals surface area contributed by atoms with Crippen molar-refractivity contribution in [1.29, 1.82) is 0 Å². The molecule has 1 N–H and O–H groups in total. The zero-order chi connectivity index (χ0) is 21.3. The number of benzene rings is 2. The summed E-state index contributed by atoms with van der Waals surface area (Å²) in [6.07, 6.45) is 1.59. The Labute approximate surface area is 179 Å². The van der Waals surface area contributed by atoms with Crippen LogP contribution in [-0.4, -0.2) is 23.9 Å². The lowest BCUT2D eigenvalue weighted by molar-refractivity contribution is -0.116. The summed E-state index contributed by atoms with van der Waals surface area (Å²) < 4.78 is 27.0. The van der Waals surface area contributed by atoms with Gasteiger partial charge in [-0.2, -0.15) is 0 Å². The Bertz CT molecular complexity index is 1310. The van der Waals surface area contributed by atoms with Crippen molar-refractivity contribution in [1.82, 2.24) is 9.55 Å². The molecule has 0 bridgehead atoms. The predicted octanol–water partition coefficient (Wildman–Crippen LogP) is 4.33. The number of hydrogen-bond donors (Lipinski definition) is 1. The van der Waals surface area contributed by atoms with Crippen LogP contribution in [0.2, 0.25) is 0 Å². The largest absolute Gasteiger partial charge is 0.335 e. The van der Waals surface area contributed by atoms with Crippen LogP contribution in [0, 0.1) is 13.8 Å². The molecular weight excluding hydrogens is 418 g/mol. The number of amides is 1. The second kappa shape index (κ2) is 8.04. The molecule has 30 heavy (non-hydrogen) atoms. The van der Waals surface area contributed by atoms with Gasteiger partial charge < -0.3 is 9.88 Å². The molecule has 0 spiro atoms. The molecule has 2 aromatic heterocycles. The van der Waals surface area contributed by atoms with Crippen molar-refractivity contribution in [2.45, 2.75) is 31.0 Å². The van der Waals surface area contributed by atoms with Gasteiger partial charge in [0, 0.05) is 33.9 Å². The fraction of sp³-hybridized carbons (Fsp3) is 0.182. The molecule has 0 unspecified atom stereocenters. The number of carbonyl (C=O) groups is 1. The molecule has 8 heteroatoms. The van der Waals surface area contributed by atoms with Gasteiger partial charge in [0.2, 0.25) is 5.91 Å². The summed E-state index contributed by atoms with van der Waals surface area (Å²) >= 11 is 1.31. The van der Waals surface area contributed by atoms with E-state index in [0.717, 1.165) is 16.6 Å². The van der Waals surface area contributed by atoms with Crippen LogP contribution in [0.25, 0.3) is 10.9 Å². The van der Waals surface area contributed by atoms with Crippen molar-refractivity contribution in [3.05, 3.63) is 76.4 Å². The highest BCUT2D eigenvalue weighted by molar-refractivity contribution is 7.90. The van der Waals surface area contributed by atoms with Crippen LogP contribution in [-0.2, 0) is 26.9 Å². The Kier molecular flexibility index (Phi) is 5.44. The van der Waals surface area contributed by atoms with E-state index in [1.807, 2.05) is 30.5 Å². The van der Waals surface area contributed by atoms with Crippen LogP contribution in [0.5, 0.6) is 0 Å². The molecule has 0 radical (unpaired) electrons.